The average molecular weight is 403 g/mol. The van der Waals surface area contributed by atoms with Gasteiger partial charge in [0.25, 0.3) is 5.91 Å². The molecule has 148 valence electrons. The molecule has 1 amide bonds. The first-order chi connectivity index (χ1) is 13.0. The van der Waals surface area contributed by atoms with Crippen molar-refractivity contribution in [2.24, 2.45) is 0 Å². The molecule has 0 bridgehead atoms. The number of carbonyl (C=O) groups is 3. The normalized spacial score (nSPS) is 12.1. The summed E-state index contributed by atoms with van der Waals surface area (Å²) in [7, 11) is -3.24. The van der Waals surface area contributed by atoms with Crippen LogP contribution in [0.15, 0.2) is 48.5 Å². The van der Waals surface area contributed by atoms with E-state index in [1.165, 1.54) is 26.0 Å². The van der Waals surface area contributed by atoms with E-state index in [1.54, 1.807) is 36.4 Å². The van der Waals surface area contributed by atoms with Gasteiger partial charge in [-0.15, -0.1) is 0 Å². The van der Waals surface area contributed by atoms with E-state index in [1.807, 2.05) is 0 Å². The maximum Gasteiger partial charge on any atom is 0.338 e. The number of hydrogen-bond acceptors (Lipinski definition) is 6. The van der Waals surface area contributed by atoms with Gasteiger partial charge in [0.1, 0.15) is 0 Å². The van der Waals surface area contributed by atoms with Crippen LogP contribution in [0.3, 0.4) is 0 Å². The van der Waals surface area contributed by atoms with E-state index in [4.69, 9.17) is 4.74 Å². The predicted molar refractivity (Wildman–Crippen MR) is 105 cm³/mol. The summed E-state index contributed by atoms with van der Waals surface area (Å²) in [6, 6.07) is 12.4. The summed E-state index contributed by atoms with van der Waals surface area (Å²) in [5.41, 5.74) is 1.60. The molecular weight excluding hydrogens is 382 g/mol. The number of sulfone groups is 1. The summed E-state index contributed by atoms with van der Waals surface area (Å²) in [4.78, 5) is 35.7. The third-order valence-corrected chi connectivity index (χ3v) is 4.66. The van der Waals surface area contributed by atoms with Crippen molar-refractivity contribution in [2.75, 3.05) is 11.6 Å². The lowest BCUT2D eigenvalue weighted by Gasteiger charge is -2.14. The van der Waals surface area contributed by atoms with Crippen LogP contribution in [0, 0.1) is 0 Å². The standard InChI is InChI=1S/C20H21NO6S/c1-13(22)16-7-9-18(10-8-16)21-19(23)14(2)27-20(24)17-6-4-5-15(11-17)12-28(3,25)26/h4-11,14H,12H2,1-3H3,(H,21,23)/t14-/m0/s1. The number of benzene rings is 2. The molecule has 2 rings (SSSR count). The molecule has 0 radical (unpaired) electrons. The Hall–Kier alpha value is -3.00. The SMILES string of the molecule is CC(=O)c1ccc(NC(=O)[C@H](C)OC(=O)c2cccc(CS(C)(=O)=O)c2)cc1. The van der Waals surface area contributed by atoms with Crippen LogP contribution in [0.1, 0.15) is 40.1 Å². The molecule has 0 saturated carbocycles. The lowest BCUT2D eigenvalue weighted by atomic mass is 10.1. The van der Waals surface area contributed by atoms with Gasteiger partial charge in [-0.2, -0.15) is 0 Å². The van der Waals surface area contributed by atoms with Crippen LogP contribution in [-0.4, -0.2) is 38.4 Å². The topological polar surface area (TPSA) is 107 Å². The Balaban J connectivity index is 2.00. The third-order valence-electron chi connectivity index (χ3n) is 3.80. The molecule has 8 heteroatoms. The summed E-state index contributed by atoms with van der Waals surface area (Å²) in [6.07, 6.45) is 0.0337. The highest BCUT2D eigenvalue weighted by atomic mass is 32.2. The van der Waals surface area contributed by atoms with E-state index in [-0.39, 0.29) is 17.1 Å². The van der Waals surface area contributed by atoms with Gasteiger partial charge in [-0.25, -0.2) is 13.2 Å². The van der Waals surface area contributed by atoms with Gasteiger partial charge in [0.15, 0.2) is 21.7 Å². The monoisotopic (exact) mass is 403 g/mol. The fourth-order valence-corrected chi connectivity index (χ4v) is 3.19. The second-order valence-electron chi connectivity index (χ2n) is 6.44. The summed E-state index contributed by atoms with van der Waals surface area (Å²) >= 11 is 0. The number of anilines is 1. The number of Topliss-reactive ketones (excluding diaryl/α,β-unsaturated/α-hetero) is 1. The maximum absolute atomic E-state index is 12.3. The summed E-state index contributed by atoms with van der Waals surface area (Å²) in [5, 5.41) is 2.60. The van der Waals surface area contributed by atoms with Crippen molar-refractivity contribution >= 4 is 33.2 Å². The Morgan fingerprint density at radius 3 is 2.25 bits per heavy atom. The van der Waals surface area contributed by atoms with E-state index >= 15 is 0 Å². The predicted octanol–water partition coefficient (Wildman–Crippen LogP) is 2.62. The molecule has 1 atom stereocenters. The van der Waals surface area contributed by atoms with E-state index in [0.29, 0.717) is 16.8 Å². The maximum atomic E-state index is 12.3. The molecule has 0 aliphatic rings. The van der Waals surface area contributed by atoms with Crippen LogP contribution < -0.4 is 5.32 Å². The number of ketones is 1. The minimum atomic E-state index is -3.24. The Morgan fingerprint density at radius 2 is 1.68 bits per heavy atom. The molecule has 0 aromatic heterocycles. The molecule has 0 fully saturated rings. The third kappa shape index (κ3) is 6.31. The number of esters is 1. The molecule has 28 heavy (non-hydrogen) atoms. The smallest absolute Gasteiger partial charge is 0.338 e. The second-order valence-corrected chi connectivity index (χ2v) is 8.58. The molecule has 7 nitrogen and oxygen atoms in total. The van der Waals surface area contributed by atoms with Gasteiger partial charge in [0.05, 0.1) is 11.3 Å². The van der Waals surface area contributed by atoms with Crippen molar-refractivity contribution in [1.82, 2.24) is 0 Å². The Morgan fingerprint density at radius 1 is 1.04 bits per heavy atom. The van der Waals surface area contributed by atoms with Gasteiger partial charge in [0.2, 0.25) is 0 Å². The molecule has 0 saturated heterocycles. The molecule has 0 aliphatic carbocycles. The van der Waals surface area contributed by atoms with Crippen molar-refractivity contribution in [1.29, 1.82) is 0 Å². The van der Waals surface area contributed by atoms with Crippen molar-refractivity contribution in [3.63, 3.8) is 0 Å². The minimum absolute atomic E-state index is 0.0849. The lowest BCUT2D eigenvalue weighted by molar-refractivity contribution is -0.123. The van der Waals surface area contributed by atoms with Crippen LogP contribution in [0.25, 0.3) is 0 Å². The highest BCUT2D eigenvalue weighted by molar-refractivity contribution is 7.89. The zero-order valence-corrected chi connectivity index (χ0v) is 16.6. The summed E-state index contributed by atoms with van der Waals surface area (Å²) in [5.74, 6) is -1.54. The molecule has 0 unspecified atom stereocenters. The lowest BCUT2D eigenvalue weighted by Crippen LogP contribution is -2.30. The number of carbonyl (C=O) groups excluding carboxylic acids is 3. The highest BCUT2D eigenvalue weighted by Crippen LogP contribution is 2.13. The first-order valence-corrected chi connectivity index (χ1v) is 10.5. The molecule has 1 N–H and O–H groups in total. The number of ether oxygens (including phenoxy) is 1. The van der Waals surface area contributed by atoms with E-state index < -0.39 is 27.8 Å². The van der Waals surface area contributed by atoms with Gasteiger partial charge in [-0.05, 0) is 55.8 Å². The van der Waals surface area contributed by atoms with Gasteiger partial charge in [-0.3, -0.25) is 9.59 Å². The summed E-state index contributed by atoms with van der Waals surface area (Å²) in [6.45, 7) is 2.87. The molecule has 0 aliphatic heterocycles. The second kappa shape index (κ2) is 8.79. The first-order valence-electron chi connectivity index (χ1n) is 8.44. The Bertz CT molecular complexity index is 996. The van der Waals surface area contributed by atoms with E-state index in [0.717, 1.165) is 6.26 Å². The van der Waals surface area contributed by atoms with E-state index in [2.05, 4.69) is 5.32 Å². The van der Waals surface area contributed by atoms with Crippen LogP contribution in [0.2, 0.25) is 0 Å². The van der Waals surface area contributed by atoms with Crippen molar-refractivity contribution in [3.8, 4) is 0 Å². The molecule has 0 spiro atoms. The number of nitrogens with one attached hydrogen (secondary N) is 1. The van der Waals surface area contributed by atoms with Gasteiger partial charge >= 0.3 is 5.97 Å². The molecular formula is C20H21NO6S. The quantitative estimate of drug-likeness (QED) is 0.563. The Kier molecular flexibility index (Phi) is 6.69. The Labute approximate surface area is 163 Å². The zero-order valence-electron chi connectivity index (χ0n) is 15.8. The van der Waals surface area contributed by atoms with Gasteiger partial charge < -0.3 is 10.1 Å². The zero-order chi connectivity index (χ0) is 20.9. The average Bonchev–Trinajstić information content (AvgIpc) is 2.60. The van der Waals surface area contributed by atoms with Crippen molar-refractivity contribution < 1.29 is 27.5 Å². The van der Waals surface area contributed by atoms with Crippen LogP contribution in [0.5, 0.6) is 0 Å². The fraction of sp³-hybridized carbons (Fsp3) is 0.250. The van der Waals surface area contributed by atoms with Crippen LogP contribution >= 0.6 is 0 Å². The highest BCUT2D eigenvalue weighted by Gasteiger charge is 2.19. The van der Waals surface area contributed by atoms with Gasteiger partial charge in [0, 0.05) is 17.5 Å². The largest absolute Gasteiger partial charge is 0.449 e. The van der Waals surface area contributed by atoms with Crippen molar-refractivity contribution in [3.05, 3.63) is 65.2 Å². The molecule has 2 aromatic carbocycles. The molecule has 2 aromatic rings. The number of amides is 1. The van der Waals surface area contributed by atoms with Gasteiger partial charge in [-0.1, -0.05) is 12.1 Å². The summed E-state index contributed by atoms with van der Waals surface area (Å²) < 4.78 is 27.9. The van der Waals surface area contributed by atoms with Crippen molar-refractivity contribution in [2.45, 2.75) is 25.7 Å². The molecule has 0 heterocycles. The van der Waals surface area contributed by atoms with Crippen LogP contribution in [-0.2, 0) is 25.1 Å². The van der Waals surface area contributed by atoms with Crippen LogP contribution in [0.4, 0.5) is 5.69 Å². The van der Waals surface area contributed by atoms with E-state index in [9.17, 15) is 22.8 Å². The fourth-order valence-electron chi connectivity index (χ4n) is 2.41. The minimum Gasteiger partial charge on any atom is -0.449 e. The number of rotatable bonds is 7. The number of hydrogen-bond donors (Lipinski definition) is 1. The first kappa shape index (κ1) is 21.3.